The highest BCUT2D eigenvalue weighted by atomic mass is 16.3. The molecule has 2 unspecified atom stereocenters. The maximum Gasteiger partial charge on any atom is 0.141 e. The van der Waals surface area contributed by atoms with Crippen molar-refractivity contribution in [2.24, 2.45) is 11.3 Å². The first kappa shape index (κ1) is 10.5. The fraction of sp³-hybridized carbons (Fsp3) is 0.727. The van der Waals surface area contributed by atoms with Crippen LogP contribution in [0.4, 0.5) is 0 Å². The highest BCUT2D eigenvalue weighted by Gasteiger charge is 2.42. The van der Waals surface area contributed by atoms with Gasteiger partial charge in [0.25, 0.3) is 0 Å². The van der Waals surface area contributed by atoms with Crippen LogP contribution in [0, 0.1) is 11.3 Å². The third kappa shape index (κ3) is 1.83. The normalized spacial score (nSPS) is 33.1. The number of aliphatic hydroxyl groups excluding tert-OH is 1. The molecule has 1 fully saturated rings. The molecule has 2 heteroatoms. The van der Waals surface area contributed by atoms with Crippen molar-refractivity contribution < 1.29 is 9.90 Å². The van der Waals surface area contributed by atoms with E-state index in [1.807, 2.05) is 20.8 Å². The highest BCUT2D eigenvalue weighted by molar-refractivity contribution is 5.86. The second-order valence-corrected chi connectivity index (χ2v) is 4.64. The molecule has 1 rings (SSSR count). The summed E-state index contributed by atoms with van der Waals surface area (Å²) >= 11 is 0. The average Bonchev–Trinajstić information content (AvgIpc) is 2.00. The zero-order valence-electron chi connectivity index (χ0n) is 8.63. The van der Waals surface area contributed by atoms with Gasteiger partial charge in [-0.1, -0.05) is 26.0 Å². The fourth-order valence-corrected chi connectivity index (χ4v) is 1.70. The maximum atomic E-state index is 11.6. The molecule has 1 aliphatic carbocycles. The van der Waals surface area contributed by atoms with Crippen molar-refractivity contribution in [2.45, 2.75) is 39.7 Å². The van der Waals surface area contributed by atoms with E-state index in [0.29, 0.717) is 12.8 Å². The van der Waals surface area contributed by atoms with Crippen LogP contribution in [-0.2, 0) is 4.79 Å². The summed E-state index contributed by atoms with van der Waals surface area (Å²) in [5, 5.41) is 9.76. The summed E-state index contributed by atoms with van der Waals surface area (Å²) in [5.74, 6) is 0.328. The minimum atomic E-state index is -0.564. The largest absolute Gasteiger partial charge is 0.392 e. The summed E-state index contributed by atoms with van der Waals surface area (Å²) in [6.07, 6.45) is 0.698. The molecule has 0 saturated heterocycles. The van der Waals surface area contributed by atoms with Gasteiger partial charge in [-0.15, -0.1) is 0 Å². The second kappa shape index (κ2) is 3.26. The van der Waals surface area contributed by atoms with Gasteiger partial charge >= 0.3 is 0 Å². The van der Waals surface area contributed by atoms with Crippen LogP contribution in [0.2, 0.25) is 0 Å². The van der Waals surface area contributed by atoms with Crippen LogP contribution in [0.5, 0.6) is 0 Å². The average molecular weight is 182 g/mol. The number of ketones is 1. The Hall–Kier alpha value is -0.630. The van der Waals surface area contributed by atoms with Gasteiger partial charge in [-0.25, -0.2) is 0 Å². The Morgan fingerprint density at radius 1 is 1.62 bits per heavy atom. The molecule has 0 spiro atoms. The third-order valence-electron chi connectivity index (χ3n) is 3.19. The summed E-state index contributed by atoms with van der Waals surface area (Å²) < 4.78 is 0. The van der Waals surface area contributed by atoms with E-state index in [1.165, 1.54) is 0 Å². The predicted octanol–water partition coefficient (Wildman–Crippen LogP) is 1.93. The Labute approximate surface area is 79.6 Å². The fourth-order valence-electron chi connectivity index (χ4n) is 1.70. The van der Waals surface area contributed by atoms with Gasteiger partial charge in [-0.2, -0.15) is 0 Å². The quantitative estimate of drug-likeness (QED) is 0.629. The summed E-state index contributed by atoms with van der Waals surface area (Å²) in [5.41, 5.74) is 0.439. The first-order valence-corrected chi connectivity index (χ1v) is 4.72. The molecule has 0 aromatic rings. The summed E-state index contributed by atoms with van der Waals surface area (Å²) in [4.78, 5) is 11.6. The molecule has 0 bridgehead atoms. The third-order valence-corrected chi connectivity index (χ3v) is 3.19. The Kier molecular flexibility index (Phi) is 2.62. The first-order chi connectivity index (χ1) is 5.85. The van der Waals surface area contributed by atoms with E-state index in [0.717, 1.165) is 5.57 Å². The molecule has 74 valence electrons. The molecule has 0 amide bonds. The van der Waals surface area contributed by atoms with Crippen molar-refractivity contribution in [1.29, 1.82) is 0 Å². The number of Topliss-reactive ketones (excluding diaryl/α,β-unsaturated/α-hetero) is 1. The molecule has 0 aromatic heterocycles. The Morgan fingerprint density at radius 3 is 2.54 bits per heavy atom. The van der Waals surface area contributed by atoms with Gasteiger partial charge in [-0.05, 0) is 19.3 Å². The molecular formula is C11H18O2. The second-order valence-electron chi connectivity index (χ2n) is 4.64. The number of rotatable bonds is 1. The minimum Gasteiger partial charge on any atom is -0.392 e. The van der Waals surface area contributed by atoms with Crippen molar-refractivity contribution in [1.82, 2.24) is 0 Å². The molecule has 2 atom stereocenters. The van der Waals surface area contributed by atoms with Crippen molar-refractivity contribution >= 4 is 5.78 Å². The lowest BCUT2D eigenvalue weighted by molar-refractivity contribution is -0.138. The number of hydrogen-bond donors (Lipinski definition) is 1. The predicted molar refractivity (Wildman–Crippen MR) is 52.3 cm³/mol. The Morgan fingerprint density at radius 2 is 2.15 bits per heavy atom. The molecule has 1 saturated carbocycles. The van der Waals surface area contributed by atoms with E-state index in [1.54, 1.807) is 0 Å². The van der Waals surface area contributed by atoms with E-state index in [2.05, 4.69) is 6.58 Å². The van der Waals surface area contributed by atoms with Crippen molar-refractivity contribution in [3.63, 3.8) is 0 Å². The maximum absolute atomic E-state index is 11.6. The van der Waals surface area contributed by atoms with Crippen LogP contribution in [0.3, 0.4) is 0 Å². The molecular weight excluding hydrogens is 164 g/mol. The number of carbonyl (C=O) groups is 1. The monoisotopic (exact) mass is 182 g/mol. The van der Waals surface area contributed by atoms with Crippen molar-refractivity contribution in [2.75, 3.05) is 0 Å². The van der Waals surface area contributed by atoms with Crippen LogP contribution in [0.25, 0.3) is 0 Å². The SMILES string of the molecule is C=C(C)C1CC(=O)C(C)(C)C(O)C1. The van der Waals surface area contributed by atoms with Gasteiger partial charge < -0.3 is 5.11 Å². The van der Waals surface area contributed by atoms with Crippen LogP contribution < -0.4 is 0 Å². The number of allylic oxidation sites excluding steroid dienone is 1. The molecule has 0 aromatic carbocycles. The molecule has 0 aliphatic heterocycles. The van der Waals surface area contributed by atoms with Crippen LogP contribution in [0.15, 0.2) is 12.2 Å². The lowest BCUT2D eigenvalue weighted by Gasteiger charge is -2.37. The van der Waals surface area contributed by atoms with E-state index in [4.69, 9.17) is 0 Å². The van der Waals surface area contributed by atoms with Crippen LogP contribution in [-0.4, -0.2) is 17.0 Å². The smallest absolute Gasteiger partial charge is 0.141 e. The summed E-state index contributed by atoms with van der Waals surface area (Å²) in [6.45, 7) is 9.38. The van der Waals surface area contributed by atoms with E-state index >= 15 is 0 Å². The Bertz CT molecular complexity index is 240. The lowest BCUT2D eigenvalue weighted by Crippen LogP contribution is -2.44. The van der Waals surface area contributed by atoms with Gasteiger partial charge in [0.2, 0.25) is 0 Å². The summed E-state index contributed by atoms with van der Waals surface area (Å²) in [6, 6.07) is 0. The first-order valence-electron chi connectivity index (χ1n) is 4.72. The number of carbonyl (C=O) groups excluding carboxylic acids is 1. The van der Waals surface area contributed by atoms with E-state index in [-0.39, 0.29) is 11.7 Å². The van der Waals surface area contributed by atoms with Crippen molar-refractivity contribution in [3.8, 4) is 0 Å². The molecule has 0 radical (unpaired) electrons. The van der Waals surface area contributed by atoms with Gasteiger partial charge in [-0.3, -0.25) is 4.79 Å². The number of aliphatic hydroxyl groups is 1. The van der Waals surface area contributed by atoms with Gasteiger partial charge in [0.15, 0.2) is 0 Å². The van der Waals surface area contributed by atoms with Crippen LogP contribution >= 0.6 is 0 Å². The molecule has 2 nitrogen and oxygen atoms in total. The van der Waals surface area contributed by atoms with Gasteiger partial charge in [0.05, 0.1) is 6.10 Å². The summed E-state index contributed by atoms with van der Waals surface area (Å²) in [7, 11) is 0. The molecule has 1 aliphatic rings. The molecule has 13 heavy (non-hydrogen) atoms. The van der Waals surface area contributed by atoms with E-state index in [9.17, 15) is 9.90 Å². The molecule has 0 heterocycles. The van der Waals surface area contributed by atoms with Gasteiger partial charge in [0.1, 0.15) is 5.78 Å². The Balaban J connectivity index is 2.79. The van der Waals surface area contributed by atoms with Gasteiger partial charge in [0, 0.05) is 11.8 Å². The zero-order valence-corrected chi connectivity index (χ0v) is 8.63. The van der Waals surface area contributed by atoms with Crippen molar-refractivity contribution in [3.05, 3.63) is 12.2 Å². The lowest BCUT2D eigenvalue weighted by atomic mass is 9.68. The molecule has 1 N–H and O–H groups in total. The van der Waals surface area contributed by atoms with Crippen LogP contribution in [0.1, 0.15) is 33.6 Å². The van der Waals surface area contributed by atoms with E-state index < -0.39 is 11.5 Å². The topological polar surface area (TPSA) is 37.3 Å². The zero-order chi connectivity index (χ0) is 10.2. The highest BCUT2D eigenvalue weighted by Crippen LogP contribution is 2.37. The number of hydrogen-bond acceptors (Lipinski definition) is 2. The minimum absolute atomic E-state index is 0.152. The standard InChI is InChI=1S/C11H18O2/c1-7(2)8-5-9(12)11(3,4)10(13)6-8/h8-9,12H,1,5-6H2,2-4H3.